The zero-order chi connectivity index (χ0) is 11.2. The lowest BCUT2D eigenvalue weighted by molar-refractivity contribution is 0.343. The second-order valence-corrected chi connectivity index (χ2v) is 4.67. The van der Waals surface area contributed by atoms with Crippen LogP contribution in [0.1, 0.15) is 32.1 Å². The SMILES string of the molecule is C=C[C@@H](Nc1ccccc1)C1CCCCC1. The van der Waals surface area contributed by atoms with Crippen molar-refractivity contribution in [3.63, 3.8) is 0 Å². The van der Waals surface area contributed by atoms with E-state index in [0.717, 1.165) is 5.92 Å². The van der Waals surface area contributed by atoms with Gasteiger partial charge in [0.05, 0.1) is 0 Å². The van der Waals surface area contributed by atoms with Gasteiger partial charge in [0, 0.05) is 11.7 Å². The molecule has 2 rings (SSSR count). The molecular weight excluding hydrogens is 194 g/mol. The maximum absolute atomic E-state index is 3.97. The van der Waals surface area contributed by atoms with Crippen LogP contribution in [0.3, 0.4) is 0 Å². The van der Waals surface area contributed by atoms with Crippen molar-refractivity contribution in [3.8, 4) is 0 Å². The summed E-state index contributed by atoms with van der Waals surface area (Å²) in [5.74, 6) is 0.770. The molecule has 0 aromatic heterocycles. The van der Waals surface area contributed by atoms with Gasteiger partial charge in [0.25, 0.3) is 0 Å². The van der Waals surface area contributed by atoms with E-state index in [4.69, 9.17) is 0 Å². The normalized spacial score (nSPS) is 19.0. The van der Waals surface area contributed by atoms with Crippen LogP contribution in [0, 0.1) is 5.92 Å². The number of rotatable bonds is 4. The molecule has 0 radical (unpaired) electrons. The molecule has 1 fully saturated rings. The van der Waals surface area contributed by atoms with Crippen LogP contribution in [-0.2, 0) is 0 Å². The maximum atomic E-state index is 3.97. The number of hydrogen-bond donors (Lipinski definition) is 1. The molecule has 1 aliphatic rings. The van der Waals surface area contributed by atoms with Gasteiger partial charge < -0.3 is 5.32 Å². The Morgan fingerprint density at radius 1 is 1.12 bits per heavy atom. The predicted octanol–water partition coefficient (Wildman–Crippen LogP) is 4.23. The quantitative estimate of drug-likeness (QED) is 0.741. The van der Waals surface area contributed by atoms with Crippen molar-refractivity contribution in [2.45, 2.75) is 38.1 Å². The second kappa shape index (κ2) is 5.74. The van der Waals surface area contributed by atoms with Gasteiger partial charge in [-0.2, -0.15) is 0 Å². The minimum absolute atomic E-state index is 0.433. The molecule has 1 nitrogen and oxygen atoms in total. The average Bonchev–Trinajstić information content (AvgIpc) is 2.38. The Bertz CT molecular complexity index is 311. The highest BCUT2D eigenvalue weighted by Gasteiger charge is 2.20. The monoisotopic (exact) mass is 215 g/mol. The summed E-state index contributed by atoms with van der Waals surface area (Å²) in [6.45, 7) is 3.97. The van der Waals surface area contributed by atoms with Crippen LogP contribution in [0.25, 0.3) is 0 Å². The van der Waals surface area contributed by atoms with E-state index in [1.54, 1.807) is 0 Å². The van der Waals surface area contributed by atoms with Crippen LogP contribution in [0.15, 0.2) is 43.0 Å². The van der Waals surface area contributed by atoms with E-state index in [2.05, 4.69) is 48.3 Å². The van der Waals surface area contributed by atoms with Crippen molar-refractivity contribution in [3.05, 3.63) is 43.0 Å². The molecule has 1 heteroatoms. The maximum Gasteiger partial charge on any atom is 0.0470 e. The van der Waals surface area contributed by atoms with E-state index in [1.807, 2.05) is 0 Å². The molecule has 1 saturated carbocycles. The van der Waals surface area contributed by atoms with E-state index >= 15 is 0 Å². The minimum Gasteiger partial charge on any atom is -0.379 e. The minimum atomic E-state index is 0.433. The zero-order valence-electron chi connectivity index (χ0n) is 9.86. The highest BCUT2D eigenvalue weighted by molar-refractivity contribution is 5.44. The standard InChI is InChI=1S/C15H21N/c1-2-15(13-9-5-3-6-10-13)16-14-11-7-4-8-12-14/h2,4,7-8,11-13,15-16H,1,3,5-6,9-10H2/t15-/m1/s1. The summed E-state index contributed by atoms with van der Waals surface area (Å²) in [6.07, 6.45) is 8.93. The van der Waals surface area contributed by atoms with E-state index in [1.165, 1.54) is 37.8 Å². The lowest BCUT2D eigenvalue weighted by Crippen LogP contribution is -2.28. The van der Waals surface area contributed by atoms with Crippen LogP contribution in [0.2, 0.25) is 0 Å². The Labute approximate surface area is 98.6 Å². The number of anilines is 1. The molecule has 0 aliphatic heterocycles. The molecule has 0 saturated heterocycles. The van der Waals surface area contributed by atoms with Crippen LogP contribution in [-0.4, -0.2) is 6.04 Å². The summed E-state index contributed by atoms with van der Waals surface area (Å²) in [4.78, 5) is 0. The second-order valence-electron chi connectivity index (χ2n) is 4.67. The van der Waals surface area contributed by atoms with Gasteiger partial charge in [-0.3, -0.25) is 0 Å². The third kappa shape index (κ3) is 2.88. The zero-order valence-corrected chi connectivity index (χ0v) is 9.86. The topological polar surface area (TPSA) is 12.0 Å². The number of para-hydroxylation sites is 1. The summed E-state index contributed by atoms with van der Waals surface area (Å²) in [7, 11) is 0. The van der Waals surface area contributed by atoms with Crippen LogP contribution in [0.5, 0.6) is 0 Å². The lowest BCUT2D eigenvalue weighted by atomic mass is 9.84. The molecule has 1 aromatic carbocycles. The van der Waals surface area contributed by atoms with Gasteiger partial charge in [0.2, 0.25) is 0 Å². The molecule has 16 heavy (non-hydrogen) atoms. The summed E-state index contributed by atoms with van der Waals surface area (Å²) < 4.78 is 0. The van der Waals surface area contributed by atoms with Crippen molar-refractivity contribution in [2.24, 2.45) is 5.92 Å². The van der Waals surface area contributed by atoms with E-state index in [0.29, 0.717) is 6.04 Å². The fourth-order valence-corrected chi connectivity index (χ4v) is 2.59. The average molecular weight is 215 g/mol. The molecule has 1 atom stereocenters. The van der Waals surface area contributed by atoms with Gasteiger partial charge in [-0.15, -0.1) is 6.58 Å². The summed E-state index contributed by atoms with van der Waals surface area (Å²) in [6, 6.07) is 10.9. The molecule has 0 heterocycles. The van der Waals surface area contributed by atoms with Gasteiger partial charge in [-0.1, -0.05) is 43.5 Å². The van der Waals surface area contributed by atoms with Gasteiger partial charge in [-0.25, -0.2) is 0 Å². The molecule has 1 N–H and O–H groups in total. The first-order valence-electron chi connectivity index (χ1n) is 6.34. The molecule has 0 spiro atoms. The summed E-state index contributed by atoms with van der Waals surface area (Å²) >= 11 is 0. The van der Waals surface area contributed by atoms with E-state index in [9.17, 15) is 0 Å². The molecule has 0 amide bonds. The Balaban J connectivity index is 1.97. The van der Waals surface area contributed by atoms with Crippen molar-refractivity contribution < 1.29 is 0 Å². The van der Waals surface area contributed by atoms with Gasteiger partial charge >= 0.3 is 0 Å². The summed E-state index contributed by atoms with van der Waals surface area (Å²) in [5.41, 5.74) is 1.21. The van der Waals surface area contributed by atoms with Crippen molar-refractivity contribution in [1.82, 2.24) is 0 Å². The largest absolute Gasteiger partial charge is 0.379 e. The fraction of sp³-hybridized carbons (Fsp3) is 0.467. The first kappa shape index (κ1) is 11.3. The molecule has 1 aliphatic carbocycles. The van der Waals surface area contributed by atoms with Crippen molar-refractivity contribution >= 4 is 5.69 Å². The Kier molecular flexibility index (Phi) is 4.03. The number of benzene rings is 1. The Morgan fingerprint density at radius 2 is 1.81 bits per heavy atom. The first-order valence-corrected chi connectivity index (χ1v) is 6.34. The Morgan fingerprint density at radius 3 is 2.44 bits per heavy atom. The molecule has 0 bridgehead atoms. The van der Waals surface area contributed by atoms with Crippen LogP contribution < -0.4 is 5.32 Å². The predicted molar refractivity (Wildman–Crippen MR) is 70.6 cm³/mol. The fourth-order valence-electron chi connectivity index (χ4n) is 2.59. The van der Waals surface area contributed by atoms with Gasteiger partial charge in [-0.05, 0) is 30.9 Å². The molecule has 0 unspecified atom stereocenters. The third-order valence-corrected chi connectivity index (χ3v) is 3.52. The van der Waals surface area contributed by atoms with Crippen molar-refractivity contribution in [1.29, 1.82) is 0 Å². The smallest absolute Gasteiger partial charge is 0.0470 e. The van der Waals surface area contributed by atoms with E-state index < -0.39 is 0 Å². The van der Waals surface area contributed by atoms with Crippen molar-refractivity contribution in [2.75, 3.05) is 5.32 Å². The van der Waals surface area contributed by atoms with Crippen LogP contribution >= 0.6 is 0 Å². The Hall–Kier alpha value is -1.24. The van der Waals surface area contributed by atoms with Gasteiger partial charge in [0.1, 0.15) is 0 Å². The number of nitrogens with one attached hydrogen (secondary N) is 1. The molecule has 86 valence electrons. The highest BCUT2D eigenvalue weighted by Crippen LogP contribution is 2.28. The van der Waals surface area contributed by atoms with Crippen LogP contribution in [0.4, 0.5) is 5.69 Å². The molecular formula is C15H21N. The lowest BCUT2D eigenvalue weighted by Gasteiger charge is -2.29. The molecule has 1 aromatic rings. The van der Waals surface area contributed by atoms with Gasteiger partial charge in [0.15, 0.2) is 0 Å². The van der Waals surface area contributed by atoms with E-state index in [-0.39, 0.29) is 0 Å². The number of hydrogen-bond acceptors (Lipinski definition) is 1. The highest BCUT2D eigenvalue weighted by atomic mass is 14.9. The summed E-state index contributed by atoms with van der Waals surface area (Å²) in [5, 5.41) is 3.58. The third-order valence-electron chi connectivity index (χ3n) is 3.52. The first-order chi connectivity index (χ1) is 7.90.